The first-order chi connectivity index (χ1) is 9.22. The Morgan fingerprint density at radius 1 is 1.40 bits per heavy atom. The number of rotatable bonds is 3. The van der Waals surface area contributed by atoms with Gasteiger partial charge in [-0.15, -0.1) is 0 Å². The Balaban J connectivity index is 2.31. The molecule has 1 unspecified atom stereocenters. The molecular weight excluding hydrogens is 350 g/mol. The van der Waals surface area contributed by atoms with Gasteiger partial charge in [0.05, 0.1) is 11.3 Å². The van der Waals surface area contributed by atoms with Gasteiger partial charge in [-0.2, -0.15) is 4.72 Å². The minimum atomic E-state index is -3.95. The quantitative estimate of drug-likeness (QED) is 0.584. The van der Waals surface area contributed by atoms with E-state index in [9.17, 15) is 18.0 Å². The predicted molar refractivity (Wildman–Crippen MR) is 75.1 cm³/mol. The zero-order valence-electron chi connectivity index (χ0n) is 10.5. The molecule has 1 aromatic rings. The number of imide groups is 1. The van der Waals surface area contributed by atoms with E-state index in [0.29, 0.717) is 4.47 Å². The third-order valence-corrected chi connectivity index (χ3v) is 5.39. The van der Waals surface area contributed by atoms with Gasteiger partial charge >= 0.3 is 0 Å². The van der Waals surface area contributed by atoms with E-state index < -0.39 is 27.9 Å². The smallest absolute Gasteiger partial charge is 0.247 e. The van der Waals surface area contributed by atoms with Crippen molar-refractivity contribution in [2.24, 2.45) is 0 Å². The summed E-state index contributed by atoms with van der Waals surface area (Å²) < 4.78 is 27.0. The van der Waals surface area contributed by atoms with Gasteiger partial charge in [-0.3, -0.25) is 14.5 Å². The number of anilines is 1. The van der Waals surface area contributed by atoms with E-state index in [1.165, 1.54) is 19.2 Å². The van der Waals surface area contributed by atoms with Crippen LogP contribution in [-0.4, -0.2) is 38.2 Å². The van der Waals surface area contributed by atoms with E-state index in [-0.39, 0.29) is 17.0 Å². The number of nitrogen functional groups attached to an aromatic ring is 1. The fourth-order valence-corrected chi connectivity index (χ4v) is 4.01. The average Bonchev–Trinajstić information content (AvgIpc) is 2.59. The molecule has 0 bridgehead atoms. The topological polar surface area (TPSA) is 110 Å². The summed E-state index contributed by atoms with van der Waals surface area (Å²) in [6.45, 7) is 0. The summed E-state index contributed by atoms with van der Waals surface area (Å²) in [6, 6.07) is 3.24. The number of nitrogens with zero attached hydrogens (tertiary/aromatic N) is 1. The monoisotopic (exact) mass is 361 g/mol. The molecule has 0 aliphatic carbocycles. The van der Waals surface area contributed by atoms with Crippen LogP contribution in [0.15, 0.2) is 27.6 Å². The lowest BCUT2D eigenvalue weighted by Gasteiger charge is -2.13. The van der Waals surface area contributed by atoms with Crippen molar-refractivity contribution >= 4 is 43.5 Å². The summed E-state index contributed by atoms with van der Waals surface area (Å²) in [4.78, 5) is 23.9. The molecule has 0 saturated carbocycles. The van der Waals surface area contributed by atoms with Gasteiger partial charge < -0.3 is 5.73 Å². The number of halogens is 1. The molecular formula is C11H12BrN3O4S. The third kappa shape index (κ3) is 2.69. The van der Waals surface area contributed by atoms with Crippen LogP contribution >= 0.6 is 15.9 Å². The molecule has 1 aliphatic rings. The number of likely N-dealkylation sites (tertiary alicyclic amines) is 1. The van der Waals surface area contributed by atoms with Crippen molar-refractivity contribution in [3.8, 4) is 0 Å². The second-order valence-corrected chi connectivity index (χ2v) is 6.90. The Morgan fingerprint density at radius 3 is 2.60 bits per heavy atom. The molecule has 1 aromatic carbocycles. The minimum absolute atomic E-state index is 0.0766. The molecule has 1 fully saturated rings. The maximum absolute atomic E-state index is 12.2. The highest BCUT2D eigenvalue weighted by molar-refractivity contribution is 9.10. The molecule has 0 radical (unpaired) electrons. The van der Waals surface area contributed by atoms with Crippen LogP contribution in [0.25, 0.3) is 0 Å². The van der Waals surface area contributed by atoms with E-state index >= 15 is 0 Å². The van der Waals surface area contributed by atoms with Crippen LogP contribution in [0, 0.1) is 0 Å². The number of hydrogen-bond acceptors (Lipinski definition) is 5. The lowest BCUT2D eigenvalue weighted by molar-refractivity contribution is -0.137. The van der Waals surface area contributed by atoms with Crippen molar-refractivity contribution in [1.82, 2.24) is 9.62 Å². The highest BCUT2D eigenvalue weighted by Crippen LogP contribution is 2.25. The Hall–Kier alpha value is -1.45. The van der Waals surface area contributed by atoms with Gasteiger partial charge in [-0.25, -0.2) is 8.42 Å². The number of nitrogens with two attached hydrogens (primary N) is 1. The predicted octanol–water partition coefficient (Wildman–Crippen LogP) is 0.0669. The number of sulfonamides is 1. The Labute approximate surface area is 124 Å². The largest absolute Gasteiger partial charge is 0.399 e. The van der Waals surface area contributed by atoms with Crippen molar-refractivity contribution in [3.05, 3.63) is 22.7 Å². The fourth-order valence-electron chi connectivity index (χ4n) is 1.82. The van der Waals surface area contributed by atoms with Crippen LogP contribution < -0.4 is 10.5 Å². The van der Waals surface area contributed by atoms with Gasteiger partial charge in [0.15, 0.2) is 0 Å². The molecule has 1 atom stereocenters. The van der Waals surface area contributed by atoms with Crippen LogP contribution in [-0.2, 0) is 19.6 Å². The van der Waals surface area contributed by atoms with E-state index in [1.54, 1.807) is 6.07 Å². The molecule has 0 spiro atoms. The summed E-state index contributed by atoms with van der Waals surface area (Å²) in [5, 5.41) is 0. The number of amides is 2. The molecule has 1 heterocycles. The van der Waals surface area contributed by atoms with Crippen molar-refractivity contribution in [1.29, 1.82) is 0 Å². The Morgan fingerprint density at radius 2 is 2.05 bits per heavy atom. The van der Waals surface area contributed by atoms with Gasteiger partial charge in [-0.1, -0.05) is 0 Å². The first kappa shape index (κ1) is 14.9. The third-order valence-electron chi connectivity index (χ3n) is 2.92. The molecule has 108 valence electrons. The highest BCUT2D eigenvalue weighted by Gasteiger charge is 2.39. The number of carbonyl (C=O) groups is 2. The molecule has 3 N–H and O–H groups in total. The second kappa shape index (κ2) is 5.15. The van der Waals surface area contributed by atoms with Crippen LogP contribution in [0.3, 0.4) is 0 Å². The van der Waals surface area contributed by atoms with E-state index in [4.69, 9.17) is 5.73 Å². The second-order valence-electron chi connectivity index (χ2n) is 4.36. The van der Waals surface area contributed by atoms with Crippen LogP contribution in [0.1, 0.15) is 6.42 Å². The van der Waals surface area contributed by atoms with Crippen molar-refractivity contribution in [2.75, 3.05) is 12.8 Å². The molecule has 20 heavy (non-hydrogen) atoms. The number of nitrogens with one attached hydrogen (secondary N) is 1. The van der Waals surface area contributed by atoms with E-state index in [2.05, 4.69) is 20.7 Å². The number of carbonyl (C=O) groups excluding carboxylic acids is 2. The number of benzene rings is 1. The van der Waals surface area contributed by atoms with Crippen LogP contribution in [0.2, 0.25) is 0 Å². The summed E-state index contributed by atoms with van der Waals surface area (Å²) in [5.74, 6) is -0.993. The minimum Gasteiger partial charge on any atom is -0.399 e. The molecule has 7 nitrogen and oxygen atoms in total. The molecule has 1 aliphatic heterocycles. The number of likely N-dealkylation sites (N-methyl/N-ethyl adjacent to an activating group) is 1. The standard InChI is InChI=1S/C11H12BrN3O4S/c1-15-10(16)5-8(11(15)17)14-20(18,19)9-4-6(13)2-3-7(9)12/h2-4,8,14H,5,13H2,1H3. The van der Waals surface area contributed by atoms with E-state index in [1.807, 2.05) is 0 Å². The van der Waals surface area contributed by atoms with Gasteiger partial charge in [-0.05, 0) is 34.1 Å². The first-order valence-electron chi connectivity index (χ1n) is 5.60. The normalized spacial score (nSPS) is 19.7. The van der Waals surface area contributed by atoms with Crippen molar-refractivity contribution < 1.29 is 18.0 Å². The summed E-state index contributed by atoms with van der Waals surface area (Å²) in [5.41, 5.74) is 5.84. The zero-order valence-corrected chi connectivity index (χ0v) is 12.9. The Kier molecular flexibility index (Phi) is 3.85. The SMILES string of the molecule is CN1C(=O)CC(NS(=O)(=O)c2cc(N)ccc2Br)C1=O. The first-order valence-corrected chi connectivity index (χ1v) is 7.88. The van der Waals surface area contributed by atoms with Crippen LogP contribution in [0.5, 0.6) is 0 Å². The van der Waals surface area contributed by atoms with Gasteiger partial charge in [0, 0.05) is 17.2 Å². The molecule has 2 amide bonds. The van der Waals surface area contributed by atoms with Gasteiger partial charge in [0.2, 0.25) is 21.8 Å². The maximum Gasteiger partial charge on any atom is 0.247 e. The van der Waals surface area contributed by atoms with Gasteiger partial charge in [0.1, 0.15) is 6.04 Å². The molecule has 2 rings (SSSR count). The molecule has 1 saturated heterocycles. The lowest BCUT2D eigenvalue weighted by atomic mass is 10.3. The molecule has 0 aromatic heterocycles. The zero-order chi connectivity index (χ0) is 15.1. The highest BCUT2D eigenvalue weighted by atomic mass is 79.9. The molecule has 9 heteroatoms. The van der Waals surface area contributed by atoms with Crippen molar-refractivity contribution in [2.45, 2.75) is 17.4 Å². The summed E-state index contributed by atoms with van der Waals surface area (Å²) in [6.07, 6.45) is -0.186. The summed E-state index contributed by atoms with van der Waals surface area (Å²) in [7, 11) is -2.64. The van der Waals surface area contributed by atoms with Gasteiger partial charge in [0.25, 0.3) is 0 Å². The maximum atomic E-state index is 12.2. The van der Waals surface area contributed by atoms with Crippen LogP contribution in [0.4, 0.5) is 5.69 Å². The lowest BCUT2D eigenvalue weighted by Crippen LogP contribution is -2.40. The average molecular weight is 362 g/mol. The van der Waals surface area contributed by atoms with E-state index in [0.717, 1.165) is 4.90 Å². The summed E-state index contributed by atoms with van der Waals surface area (Å²) >= 11 is 3.12. The number of hydrogen-bond donors (Lipinski definition) is 2. The Bertz CT molecular complexity index is 689. The fraction of sp³-hybridized carbons (Fsp3) is 0.273. The van der Waals surface area contributed by atoms with Crippen molar-refractivity contribution in [3.63, 3.8) is 0 Å².